The summed E-state index contributed by atoms with van der Waals surface area (Å²) in [4.78, 5) is 18.6. The Labute approximate surface area is 280 Å². The van der Waals surface area contributed by atoms with Gasteiger partial charge in [0.2, 0.25) is 0 Å². The van der Waals surface area contributed by atoms with Gasteiger partial charge in [-0.25, -0.2) is 20.0 Å². The zero-order chi connectivity index (χ0) is 33.0. The predicted octanol–water partition coefficient (Wildman–Crippen LogP) is 9.14. The van der Waals surface area contributed by atoms with Crippen molar-refractivity contribution < 1.29 is 0 Å². The SMILES string of the molecule is N=C(N=C(N=Cc1cccc(-c2cccc(C=NC(=NC(=N)c3ccccc3)c3ccccc3)c2)c1)c1ccccc1)c1ccccc1. The second kappa shape index (κ2) is 15.6. The van der Waals surface area contributed by atoms with Crippen LogP contribution in [0, 0.1) is 10.8 Å². The van der Waals surface area contributed by atoms with E-state index < -0.39 is 0 Å². The first-order valence-corrected chi connectivity index (χ1v) is 15.5. The average Bonchev–Trinajstić information content (AvgIpc) is 3.16. The molecule has 0 aliphatic heterocycles. The third kappa shape index (κ3) is 8.33. The first-order valence-electron chi connectivity index (χ1n) is 15.5. The van der Waals surface area contributed by atoms with Gasteiger partial charge in [-0.2, -0.15) is 0 Å². The third-order valence-corrected chi connectivity index (χ3v) is 7.37. The minimum atomic E-state index is 0.149. The summed E-state index contributed by atoms with van der Waals surface area (Å²) in [5.74, 6) is 1.22. The molecule has 0 fully saturated rings. The number of hydrogen-bond donors (Lipinski definition) is 2. The Bertz CT molecular complexity index is 1980. The zero-order valence-corrected chi connectivity index (χ0v) is 26.1. The Morgan fingerprint density at radius 3 is 1.06 bits per heavy atom. The number of nitrogens with one attached hydrogen (secondary N) is 2. The monoisotopic (exact) mass is 620 g/mol. The minimum Gasteiger partial charge on any atom is -0.282 e. The number of aliphatic imine (C=N–C) groups is 4. The van der Waals surface area contributed by atoms with Crippen LogP contribution in [-0.4, -0.2) is 35.8 Å². The zero-order valence-electron chi connectivity index (χ0n) is 26.1. The van der Waals surface area contributed by atoms with Crippen molar-refractivity contribution in [2.75, 3.05) is 0 Å². The fourth-order valence-corrected chi connectivity index (χ4v) is 4.91. The highest BCUT2D eigenvalue weighted by Gasteiger charge is 2.07. The van der Waals surface area contributed by atoms with Gasteiger partial charge in [0.05, 0.1) is 0 Å². The fraction of sp³-hybridized carbons (Fsp3) is 0. The molecular formula is C42H32N6. The van der Waals surface area contributed by atoms with Crippen LogP contribution in [0.4, 0.5) is 0 Å². The normalized spacial score (nSPS) is 12.0. The Balaban J connectivity index is 1.26. The van der Waals surface area contributed by atoms with Gasteiger partial charge in [-0.3, -0.25) is 10.8 Å². The second-order valence-corrected chi connectivity index (χ2v) is 10.8. The molecule has 0 spiro atoms. The van der Waals surface area contributed by atoms with Crippen molar-refractivity contribution in [1.82, 2.24) is 0 Å². The molecule has 0 amide bonds. The van der Waals surface area contributed by atoms with Gasteiger partial charge in [0.1, 0.15) is 0 Å². The Morgan fingerprint density at radius 1 is 0.375 bits per heavy atom. The Kier molecular flexibility index (Phi) is 10.2. The van der Waals surface area contributed by atoms with Crippen LogP contribution in [0.1, 0.15) is 33.4 Å². The van der Waals surface area contributed by atoms with Gasteiger partial charge >= 0.3 is 0 Å². The molecule has 0 heterocycles. The lowest BCUT2D eigenvalue weighted by molar-refractivity contribution is 1.39. The molecule has 6 heteroatoms. The molecular weight excluding hydrogens is 589 g/mol. The molecule has 0 saturated heterocycles. The summed E-state index contributed by atoms with van der Waals surface area (Å²) in [5, 5.41) is 17.1. The van der Waals surface area contributed by atoms with Gasteiger partial charge in [-0.05, 0) is 34.4 Å². The van der Waals surface area contributed by atoms with Gasteiger partial charge in [0.15, 0.2) is 23.3 Å². The molecule has 0 unspecified atom stereocenters. The van der Waals surface area contributed by atoms with E-state index >= 15 is 0 Å². The first-order chi connectivity index (χ1) is 23.6. The quantitative estimate of drug-likeness (QED) is 0.131. The molecule has 0 saturated carbocycles. The van der Waals surface area contributed by atoms with Crippen LogP contribution in [0.3, 0.4) is 0 Å². The fourth-order valence-electron chi connectivity index (χ4n) is 4.91. The average molecular weight is 621 g/mol. The van der Waals surface area contributed by atoms with Gasteiger partial charge in [0.25, 0.3) is 0 Å². The maximum Gasteiger partial charge on any atom is 0.161 e. The standard InChI is InChI=1S/C42H32N6/c43-39(33-17-5-1-6-18-33)47-41(35-21-9-3-10-22-35)45-29-31-15-13-25-37(27-31)38-26-14-16-32(28-38)30-46-42(36-23-11-4-12-24-36)48-40(44)34-19-7-2-8-20-34/h1-30,43-44H. The predicted molar refractivity (Wildman–Crippen MR) is 200 cm³/mol. The topological polar surface area (TPSA) is 97.1 Å². The molecule has 0 aliphatic rings. The highest BCUT2D eigenvalue weighted by Crippen LogP contribution is 2.21. The Hall–Kier alpha value is -6.66. The molecule has 6 aromatic rings. The number of hydrogen-bond acceptors (Lipinski definition) is 2. The lowest BCUT2D eigenvalue weighted by Gasteiger charge is -2.06. The van der Waals surface area contributed by atoms with Crippen LogP contribution in [0.25, 0.3) is 11.1 Å². The van der Waals surface area contributed by atoms with Gasteiger partial charge in [-0.1, -0.05) is 158 Å². The van der Waals surface area contributed by atoms with Crippen molar-refractivity contribution >= 4 is 35.8 Å². The molecule has 230 valence electrons. The number of rotatable bonds is 7. The van der Waals surface area contributed by atoms with Crippen LogP contribution in [0.5, 0.6) is 0 Å². The maximum absolute atomic E-state index is 8.55. The van der Waals surface area contributed by atoms with E-state index in [-0.39, 0.29) is 11.7 Å². The van der Waals surface area contributed by atoms with Crippen molar-refractivity contribution in [1.29, 1.82) is 10.8 Å². The van der Waals surface area contributed by atoms with Crippen molar-refractivity contribution in [3.63, 3.8) is 0 Å². The molecule has 6 nitrogen and oxygen atoms in total. The van der Waals surface area contributed by atoms with Crippen LogP contribution < -0.4 is 0 Å². The highest BCUT2D eigenvalue weighted by atomic mass is 15.0. The van der Waals surface area contributed by atoms with Crippen molar-refractivity contribution in [3.8, 4) is 11.1 Å². The summed E-state index contributed by atoms with van der Waals surface area (Å²) < 4.78 is 0. The lowest BCUT2D eigenvalue weighted by Crippen LogP contribution is -2.04. The first kappa shape index (κ1) is 31.3. The van der Waals surface area contributed by atoms with E-state index in [1.165, 1.54) is 0 Å². The summed E-state index contributed by atoms with van der Waals surface area (Å²) >= 11 is 0. The lowest BCUT2D eigenvalue weighted by atomic mass is 10.0. The molecule has 2 N–H and O–H groups in total. The highest BCUT2D eigenvalue weighted by molar-refractivity contribution is 6.14. The van der Waals surface area contributed by atoms with Crippen molar-refractivity contribution in [3.05, 3.63) is 203 Å². The van der Waals surface area contributed by atoms with Gasteiger partial charge in [-0.15, -0.1) is 0 Å². The van der Waals surface area contributed by atoms with Crippen LogP contribution >= 0.6 is 0 Å². The van der Waals surface area contributed by atoms with E-state index in [0.717, 1.165) is 44.5 Å². The van der Waals surface area contributed by atoms with E-state index in [4.69, 9.17) is 20.8 Å². The molecule has 0 bridgehead atoms. The van der Waals surface area contributed by atoms with Gasteiger partial charge < -0.3 is 0 Å². The van der Waals surface area contributed by atoms with Crippen molar-refractivity contribution in [2.45, 2.75) is 0 Å². The van der Waals surface area contributed by atoms with E-state index in [2.05, 4.69) is 34.3 Å². The summed E-state index contributed by atoms with van der Waals surface area (Å²) in [6.07, 6.45) is 3.56. The molecule has 0 aromatic heterocycles. The number of nitrogens with zero attached hydrogens (tertiary/aromatic N) is 4. The van der Waals surface area contributed by atoms with E-state index in [9.17, 15) is 0 Å². The molecule has 0 aliphatic carbocycles. The van der Waals surface area contributed by atoms with Gasteiger partial charge in [0, 0.05) is 34.7 Å². The summed E-state index contributed by atoms with van der Waals surface area (Å²) in [6.45, 7) is 0. The smallest absolute Gasteiger partial charge is 0.161 e. The van der Waals surface area contributed by atoms with Crippen LogP contribution in [0.2, 0.25) is 0 Å². The second-order valence-electron chi connectivity index (χ2n) is 10.8. The molecule has 6 rings (SSSR count). The molecule has 48 heavy (non-hydrogen) atoms. The molecule has 6 aromatic carbocycles. The van der Waals surface area contributed by atoms with E-state index in [1.807, 2.05) is 146 Å². The van der Waals surface area contributed by atoms with Crippen LogP contribution in [0.15, 0.2) is 190 Å². The maximum atomic E-state index is 8.55. The van der Waals surface area contributed by atoms with Crippen LogP contribution in [-0.2, 0) is 0 Å². The number of benzene rings is 6. The third-order valence-electron chi connectivity index (χ3n) is 7.37. The van der Waals surface area contributed by atoms with E-state index in [1.54, 1.807) is 12.4 Å². The Morgan fingerprint density at radius 2 is 0.708 bits per heavy atom. The molecule has 0 radical (unpaired) electrons. The molecule has 0 atom stereocenters. The summed E-state index contributed by atoms with van der Waals surface area (Å²) in [5.41, 5.74) is 6.95. The van der Waals surface area contributed by atoms with Crippen molar-refractivity contribution in [2.24, 2.45) is 20.0 Å². The summed E-state index contributed by atoms with van der Waals surface area (Å²) in [7, 11) is 0. The number of amidine groups is 4. The van der Waals surface area contributed by atoms with E-state index in [0.29, 0.717) is 11.7 Å². The largest absolute Gasteiger partial charge is 0.282 e. The summed E-state index contributed by atoms with van der Waals surface area (Å²) in [6, 6.07) is 54.5. The minimum absolute atomic E-state index is 0.149.